The standard InChI is InChI=1S/C23H17FO/c24-22-14-8-7-13-21(22)23(25,17-15-19-9-3-1-4-10-19)18-16-20-11-5-2-6-12-20/h1-15,17,25H/b17-15+. The molecular weight excluding hydrogens is 311 g/mol. The van der Waals surface area contributed by atoms with Crippen molar-refractivity contribution in [1.82, 2.24) is 0 Å². The molecule has 1 nitrogen and oxygen atoms in total. The SMILES string of the molecule is OC(C#Cc1ccccc1)(/C=C/c1ccccc1)c1ccccc1F. The fourth-order valence-electron chi connectivity index (χ4n) is 2.44. The second kappa shape index (κ2) is 7.61. The molecule has 25 heavy (non-hydrogen) atoms. The molecule has 1 atom stereocenters. The number of hydrogen-bond donors (Lipinski definition) is 1. The zero-order valence-corrected chi connectivity index (χ0v) is 13.6. The fourth-order valence-corrected chi connectivity index (χ4v) is 2.44. The average Bonchev–Trinajstić information content (AvgIpc) is 2.67. The Morgan fingerprint density at radius 1 is 0.800 bits per heavy atom. The Morgan fingerprint density at radius 3 is 2.08 bits per heavy atom. The summed E-state index contributed by atoms with van der Waals surface area (Å²) in [4.78, 5) is 0. The number of halogens is 1. The van der Waals surface area contributed by atoms with E-state index in [-0.39, 0.29) is 5.56 Å². The summed E-state index contributed by atoms with van der Waals surface area (Å²) in [5, 5.41) is 11.1. The van der Waals surface area contributed by atoms with E-state index in [1.165, 1.54) is 12.1 Å². The van der Waals surface area contributed by atoms with Crippen LogP contribution in [0, 0.1) is 17.7 Å². The Labute approximate surface area is 147 Å². The first kappa shape index (κ1) is 16.7. The van der Waals surface area contributed by atoms with E-state index in [1.807, 2.05) is 60.7 Å². The van der Waals surface area contributed by atoms with Gasteiger partial charge in [0.15, 0.2) is 5.60 Å². The topological polar surface area (TPSA) is 20.2 Å². The van der Waals surface area contributed by atoms with Gasteiger partial charge in [-0.15, -0.1) is 0 Å². The Balaban J connectivity index is 2.04. The maximum absolute atomic E-state index is 14.3. The van der Waals surface area contributed by atoms with Crippen LogP contribution < -0.4 is 0 Å². The molecule has 3 aromatic rings. The number of hydrogen-bond acceptors (Lipinski definition) is 1. The molecule has 2 heteroatoms. The molecule has 1 N–H and O–H groups in total. The molecule has 0 amide bonds. The largest absolute Gasteiger partial charge is 0.370 e. The van der Waals surface area contributed by atoms with Gasteiger partial charge in [0.05, 0.1) is 0 Å². The molecular formula is C23H17FO. The zero-order chi connectivity index (χ0) is 17.5. The maximum atomic E-state index is 14.3. The van der Waals surface area contributed by atoms with Crippen molar-refractivity contribution in [3.05, 3.63) is 114 Å². The minimum Gasteiger partial charge on any atom is -0.370 e. The van der Waals surface area contributed by atoms with Crippen molar-refractivity contribution in [2.24, 2.45) is 0 Å². The molecule has 0 fully saturated rings. The van der Waals surface area contributed by atoms with Crippen molar-refractivity contribution >= 4 is 6.08 Å². The molecule has 0 saturated carbocycles. The summed E-state index contributed by atoms with van der Waals surface area (Å²) in [7, 11) is 0. The highest BCUT2D eigenvalue weighted by atomic mass is 19.1. The smallest absolute Gasteiger partial charge is 0.173 e. The van der Waals surface area contributed by atoms with Gasteiger partial charge in [-0.2, -0.15) is 0 Å². The summed E-state index contributed by atoms with van der Waals surface area (Å²) < 4.78 is 14.3. The molecule has 0 bridgehead atoms. The lowest BCUT2D eigenvalue weighted by atomic mass is 9.92. The van der Waals surface area contributed by atoms with Crippen LogP contribution in [0.3, 0.4) is 0 Å². The van der Waals surface area contributed by atoms with E-state index < -0.39 is 11.4 Å². The monoisotopic (exact) mass is 328 g/mol. The van der Waals surface area contributed by atoms with Crippen LogP contribution in [-0.2, 0) is 5.60 Å². The molecule has 1 unspecified atom stereocenters. The zero-order valence-electron chi connectivity index (χ0n) is 13.6. The van der Waals surface area contributed by atoms with E-state index in [9.17, 15) is 9.50 Å². The molecule has 0 aliphatic rings. The van der Waals surface area contributed by atoms with Crippen LogP contribution in [0.25, 0.3) is 6.08 Å². The van der Waals surface area contributed by atoms with Gasteiger partial charge in [-0.3, -0.25) is 0 Å². The second-order valence-electron chi connectivity index (χ2n) is 5.61. The van der Waals surface area contributed by atoms with E-state index >= 15 is 0 Å². The highest BCUT2D eigenvalue weighted by Gasteiger charge is 2.26. The minimum absolute atomic E-state index is 0.130. The third-order valence-electron chi connectivity index (χ3n) is 3.77. The van der Waals surface area contributed by atoms with Gasteiger partial charge in [0.25, 0.3) is 0 Å². The van der Waals surface area contributed by atoms with E-state index in [0.29, 0.717) is 0 Å². The van der Waals surface area contributed by atoms with Crippen LogP contribution in [0.2, 0.25) is 0 Å². The van der Waals surface area contributed by atoms with Crippen molar-refractivity contribution < 1.29 is 9.50 Å². The Kier molecular flexibility index (Phi) is 5.09. The summed E-state index contributed by atoms with van der Waals surface area (Å²) >= 11 is 0. The third-order valence-corrected chi connectivity index (χ3v) is 3.77. The predicted octanol–water partition coefficient (Wildman–Crippen LogP) is 4.78. The predicted molar refractivity (Wildman–Crippen MR) is 99.1 cm³/mol. The van der Waals surface area contributed by atoms with Gasteiger partial charge in [0, 0.05) is 11.1 Å². The minimum atomic E-state index is -1.73. The number of rotatable bonds is 3. The lowest BCUT2D eigenvalue weighted by molar-refractivity contribution is 0.150. The molecule has 3 rings (SSSR count). The molecule has 0 heterocycles. The van der Waals surface area contributed by atoms with E-state index in [0.717, 1.165) is 11.1 Å². The van der Waals surface area contributed by atoms with E-state index in [1.54, 1.807) is 24.3 Å². The first-order valence-electron chi connectivity index (χ1n) is 7.97. The first-order valence-corrected chi connectivity index (χ1v) is 7.97. The highest BCUT2D eigenvalue weighted by molar-refractivity contribution is 5.54. The Morgan fingerprint density at radius 2 is 1.40 bits per heavy atom. The van der Waals surface area contributed by atoms with Crippen LogP contribution in [0.15, 0.2) is 91.0 Å². The molecule has 122 valence electrons. The summed E-state index contributed by atoms with van der Waals surface area (Å²) in [5.41, 5.74) is 0.0616. The molecule has 3 aromatic carbocycles. The van der Waals surface area contributed by atoms with Gasteiger partial charge in [-0.05, 0) is 29.8 Å². The van der Waals surface area contributed by atoms with Crippen molar-refractivity contribution in [3.8, 4) is 11.8 Å². The van der Waals surface area contributed by atoms with Crippen molar-refractivity contribution in [3.63, 3.8) is 0 Å². The van der Waals surface area contributed by atoms with Crippen LogP contribution in [0.4, 0.5) is 4.39 Å². The molecule has 0 aromatic heterocycles. The number of benzene rings is 3. The van der Waals surface area contributed by atoms with Crippen molar-refractivity contribution in [2.75, 3.05) is 0 Å². The van der Waals surface area contributed by atoms with Gasteiger partial charge in [0.1, 0.15) is 5.82 Å². The van der Waals surface area contributed by atoms with E-state index in [4.69, 9.17) is 0 Å². The van der Waals surface area contributed by atoms with E-state index in [2.05, 4.69) is 11.8 Å². The summed E-state index contributed by atoms with van der Waals surface area (Å²) in [6, 6.07) is 25.0. The van der Waals surface area contributed by atoms with Gasteiger partial charge < -0.3 is 5.11 Å². The van der Waals surface area contributed by atoms with Crippen LogP contribution in [0.1, 0.15) is 16.7 Å². The van der Waals surface area contributed by atoms with Gasteiger partial charge >= 0.3 is 0 Å². The first-order chi connectivity index (χ1) is 12.2. The average molecular weight is 328 g/mol. The van der Waals surface area contributed by atoms with Crippen molar-refractivity contribution in [2.45, 2.75) is 5.60 Å². The van der Waals surface area contributed by atoms with Crippen LogP contribution >= 0.6 is 0 Å². The van der Waals surface area contributed by atoms with Crippen LogP contribution in [0.5, 0.6) is 0 Å². The quantitative estimate of drug-likeness (QED) is 0.686. The highest BCUT2D eigenvalue weighted by Crippen LogP contribution is 2.26. The molecule has 0 saturated heterocycles. The molecule has 0 radical (unpaired) electrons. The lowest BCUT2D eigenvalue weighted by Gasteiger charge is -2.19. The van der Waals surface area contributed by atoms with Crippen molar-refractivity contribution in [1.29, 1.82) is 0 Å². The summed E-state index contributed by atoms with van der Waals surface area (Å²) in [6.07, 6.45) is 3.27. The van der Waals surface area contributed by atoms with Gasteiger partial charge in [-0.25, -0.2) is 4.39 Å². The van der Waals surface area contributed by atoms with Crippen LogP contribution in [-0.4, -0.2) is 5.11 Å². The number of aliphatic hydroxyl groups is 1. The fraction of sp³-hybridized carbons (Fsp3) is 0.0435. The summed E-state index contributed by atoms with van der Waals surface area (Å²) in [6.45, 7) is 0. The third kappa shape index (κ3) is 4.23. The normalized spacial score (nSPS) is 13.0. The maximum Gasteiger partial charge on any atom is 0.173 e. The molecule has 0 aliphatic heterocycles. The molecule has 0 aliphatic carbocycles. The van der Waals surface area contributed by atoms with Gasteiger partial charge in [-0.1, -0.05) is 84.6 Å². The molecule has 0 spiro atoms. The Bertz CT molecular complexity index is 920. The van der Waals surface area contributed by atoms with Gasteiger partial charge in [0.2, 0.25) is 0 Å². The second-order valence-corrected chi connectivity index (χ2v) is 5.61. The summed E-state index contributed by atoms with van der Waals surface area (Å²) in [5.74, 6) is 5.25. The Hall–Kier alpha value is -3.15. The lowest BCUT2D eigenvalue weighted by Crippen LogP contribution is -2.22.